The lowest BCUT2D eigenvalue weighted by Crippen LogP contribution is -2.31. The fraction of sp³-hybridized carbons (Fsp3) is 0.458. The first-order chi connectivity index (χ1) is 15.1. The van der Waals surface area contributed by atoms with E-state index in [0.717, 1.165) is 23.6 Å². The maximum absolute atomic E-state index is 12.9. The molecule has 2 saturated carbocycles. The normalized spacial score (nSPS) is 26.9. The number of carbonyl (C=O) groups excluding carboxylic acids is 2. The fourth-order valence-corrected chi connectivity index (χ4v) is 5.49. The molecule has 2 bridgehead atoms. The maximum atomic E-state index is 12.9. The van der Waals surface area contributed by atoms with Crippen LogP contribution in [-0.4, -0.2) is 29.2 Å². The van der Waals surface area contributed by atoms with E-state index in [9.17, 15) is 9.59 Å². The van der Waals surface area contributed by atoms with E-state index in [4.69, 9.17) is 20.8 Å². The monoisotopic (exact) mass is 440 g/mol. The summed E-state index contributed by atoms with van der Waals surface area (Å²) < 4.78 is 10.9. The molecular weight excluding hydrogens is 416 g/mol. The van der Waals surface area contributed by atoms with Gasteiger partial charge < -0.3 is 9.15 Å². The Morgan fingerprint density at radius 1 is 1.16 bits per heavy atom. The first-order valence-corrected chi connectivity index (χ1v) is 11.3. The van der Waals surface area contributed by atoms with Crippen LogP contribution in [0.15, 0.2) is 52.2 Å². The molecule has 0 radical (unpaired) electrons. The molecule has 0 saturated heterocycles. The predicted octanol–water partition coefficient (Wildman–Crippen LogP) is 4.98. The number of benzene rings is 1. The highest BCUT2D eigenvalue weighted by Crippen LogP contribution is 2.49. The highest BCUT2D eigenvalue weighted by molar-refractivity contribution is 6.30. The number of amides is 1. The van der Waals surface area contributed by atoms with Crippen molar-refractivity contribution in [2.45, 2.75) is 44.6 Å². The average Bonchev–Trinajstić information content (AvgIpc) is 3.56. The van der Waals surface area contributed by atoms with Gasteiger partial charge in [-0.1, -0.05) is 30.2 Å². The second-order valence-corrected chi connectivity index (χ2v) is 9.26. The first kappa shape index (κ1) is 20.3. The fourth-order valence-electron chi connectivity index (χ4n) is 5.37. The molecule has 4 atom stereocenters. The van der Waals surface area contributed by atoms with Crippen molar-refractivity contribution in [1.29, 1.82) is 0 Å². The van der Waals surface area contributed by atoms with E-state index in [1.165, 1.54) is 24.3 Å². The number of halogens is 1. The highest BCUT2D eigenvalue weighted by Gasteiger charge is 2.41. The van der Waals surface area contributed by atoms with Gasteiger partial charge in [-0.25, -0.2) is 5.01 Å². The number of ether oxygens (including phenoxy) is 1. The minimum atomic E-state index is -0.363. The van der Waals surface area contributed by atoms with Crippen molar-refractivity contribution >= 4 is 29.2 Å². The lowest BCUT2D eigenvalue weighted by atomic mass is 9.86. The van der Waals surface area contributed by atoms with E-state index in [2.05, 4.69) is 5.10 Å². The Morgan fingerprint density at radius 3 is 2.68 bits per heavy atom. The second-order valence-electron chi connectivity index (χ2n) is 8.83. The van der Waals surface area contributed by atoms with Gasteiger partial charge in [0.2, 0.25) is 0 Å². The molecule has 2 aromatic rings. The molecule has 0 N–H and O–H groups in total. The lowest BCUT2D eigenvalue weighted by molar-refractivity contribution is -0.154. The Labute approximate surface area is 186 Å². The average molecular weight is 441 g/mol. The van der Waals surface area contributed by atoms with Crippen LogP contribution in [0.2, 0.25) is 5.02 Å². The van der Waals surface area contributed by atoms with Gasteiger partial charge in [-0.15, -0.1) is 0 Å². The van der Waals surface area contributed by atoms with E-state index in [-0.39, 0.29) is 24.5 Å². The molecule has 1 aromatic heterocycles. The number of nitrogens with zero attached hydrogens (tertiary/aromatic N) is 2. The van der Waals surface area contributed by atoms with Crippen molar-refractivity contribution in [2.24, 2.45) is 22.9 Å². The molecule has 0 unspecified atom stereocenters. The number of hydrazone groups is 1. The van der Waals surface area contributed by atoms with Crippen LogP contribution in [0.4, 0.5) is 0 Å². The topological polar surface area (TPSA) is 72.1 Å². The van der Waals surface area contributed by atoms with Crippen molar-refractivity contribution in [3.8, 4) is 0 Å². The highest BCUT2D eigenvalue weighted by atomic mass is 35.5. The molecule has 0 spiro atoms. The van der Waals surface area contributed by atoms with Gasteiger partial charge in [-0.05, 0) is 66.8 Å². The third-order valence-corrected chi connectivity index (χ3v) is 7.14. The summed E-state index contributed by atoms with van der Waals surface area (Å²) in [6, 6.07) is 10.6. The van der Waals surface area contributed by atoms with Crippen LogP contribution in [0.5, 0.6) is 0 Å². The van der Waals surface area contributed by atoms with Crippen molar-refractivity contribution in [1.82, 2.24) is 5.01 Å². The molecule has 162 valence electrons. The molecular formula is C24H25ClN2O4. The number of hydrogen-bond acceptors (Lipinski definition) is 5. The summed E-state index contributed by atoms with van der Waals surface area (Å²) in [5, 5.41) is 6.57. The zero-order chi connectivity index (χ0) is 21.4. The minimum Gasteiger partial charge on any atom is -0.467 e. The van der Waals surface area contributed by atoms with Crippen LogP contribution in [-0.2, 0) is 14.3 Å². The smallest absolute Gasteiger partial charge is 0.306 e. The Hall–Kier alpha value is -2.60. The maximum Gasteiger partial charge on any atom is 0.306 e. The van der Waals surface area contributed by atoms with Crippen LogP contribution >= 0.6 is 11.6 Å². The molecule has 31 heavy (non-hydrogen) atoms. The molecule has 6 nitrogen and oxygen atoms in total. The van der Waals surface area contributed by atoms with Crippen LogP contribution in [0.1, 0.15) is 55.9 Å². The number of esters is 1. The summed E-state index contributed by atoms with van der Waals surface area (Å²) >= 11 is 5.99. The zero-order valence-corrected chi connectivity index (χ0v) is 18.0. The van der Waals surface area contributed by atoms with Gasteiger partial charge >= 0.3 is 5.97 Å². The van der Waals surface area contributed by atoms with E-state index >= 15 is 0 Å². The standard InChI is InChI=1S/C24H25ClN2O4/c25-19-7-5-16(6-8-19)20-13-21(22-2-1-9-30-22)27(26-20)23(28)14-31-24(29)12-18-11-15-3-4-17(18)10-15/h1-2,5-9,15,17-18,21H,3-4,10-14H2/t15-,17-,18-,21+/m0/s1. The van der Waals surface area contributed by atoms with Gasteiger partial charge in [0.25, 0.3) is 5.91 Å². The number of furan rings is 1. The lowest BCUT2D eigenvalue weighted by Gasteiger charge is -2.21. The summed E-state index contributed by atoms with van der Waals surface area (Å²) in [7, 11) is 0. The largest absolute Gasteiger partial charge is 0.467 e. The summed E-state index contributed by atoms with van der Waals surface area (Å²) in [5.41, 5.74) is 1.66. The molecule has 5 rings (SSSR count). The Bertz CT molecular complexity index is 986. The molecule has 7 heteroatoms. The molecule has 3 aliphatic rings. The second kappa shape index (κ2) is 8.50. The third kappa shape index (κ3) is 4.26. The number of fused-ring (bicyclic) bond motifs is 2. The predicted molar refractivity (Wildman–Crippen MR) is 115 cm³/mol. The van der Waals surface area contributed by atoms with Crippen molar-refractivity contribution in [2.75, 3.05) is 6.61 Å². The van der Waals surface area contributed by atoms with Gasteiger partial charge in [0.05, 0.1) is 12.0 Å². The molecule has 2 heterocycles. The molecule has 2 aliphatic carbocycles. The summed E-state index contributed by atoms with van der Waals surface area (Å²) in [6.45, 7) is -0.311. The van der Waals surface area contributed by atoms with Crippen LogP contribution in [0.25, 0.3) is 0 Å². The van der Waals surface area contributed by atoms with Crippen LogP contribution in [0, 0.1) is 17.8 Å². The first-order valence-electron chi connectivity index (χ1n) is 10.9. The quantitative estimate of drug-likeness (QED) is 0.594. The number of carbonyl (C=O) groups is 2. The van der Waals surface area contributed by atoms with Gasteiger partial charge in [-0.3, -0.25) is 9.59 Å². The summed E-state index contributed by atoms with van der Waals surface area (Å²) in [5.74, 6) is 1.85. The zero-order valence-electron chi connectivity index (χ0n) is 17.2. The van der Waals surface area contributed by atoms with E-state index in [0.29, 0.717) is 35.5 Å². The Kier molecular flexibility index (Phi) is 5.57. The molecule has 2 fully saturated rings. The molecule has 1 aliphatic heterocycles. The van der Waals surface area contributed by atoms with Gasteiger partial charge in [-0.2, -0.15) is 5.10 Å². The van der Waals surface area contributed by atoms with Crippen molar-refractivity contribution in [3.05, 3.63) is 59.0 Å². The minimum absolute atomic E-state index is 0.290. The summed E-state index contributed by atoms with van der Waals surface area (Å²) in [4.78, 5) is 25.3. The SMILES string of the molecule is O=C(C[C@@H]1C[C@H]2CC[C@H]1C2)OCC(=O)N1N=C(c2ccc(Cl)cc2)C[C@@H]1c1ccco1. The van der Waals surface area contributed by atoms with E-state index in [1.54, 1.807) is 24.5 Å². The van der Waals surface area contributed by atoms with Crippen LogP contribution < -0.4 is 0 Å². The number of rotatable bonds is 6. The van der Waals surface area contributed by atoms with Gasteiger partial charge in [0.1, 0.15) is 11.8 Å². The summed E-state index contributed by atoms with van der Waals surface area (Å²) in [6.07, 6.45) is 7.39. The van der Waals surface area contributed by atoms with E-state index < -0.39 is 0 Å². The van der Waals surface area contributed by atoms with Crippen molar-refractivity contribution in [3.63, 3.8) is 0 Å². The third-order valence-electron chi connectivity index (χ3n) is 6.88. The Morgan fingerprint density at radius 2 is 2.00 bits per heavy atom. The van der Waals surface area contributed by atoms with E-state index in [1.807, 2.05) is 18.2 Å². The molecule has 1 aromatic carbocycles. The van der Waals surface area contributed by atoms with Crippen molar-refractivity contribution < 1.29 is 18.7 Å². The Balaban J connectivity index is 1.24. The number of hydrogen-bond donors (Lipinski definition) is 0. The van der Waals surface area contributed by atoms with Gasteiger partial charge in [0.15, 0.2) is 6.61 Å². The van der Waals surface area contributed by atoms with Gasteiger partial charge in [0, 0.05) is 17.9 Å². The molecule has 1 amide bonds. The van der Waals surface area contributed by atoms with Crippen LogP contribution in [0.3, 0.4) is 0 Å².